The van der Waals surface area contributed by atoms with E-state index in [2.05, 4.69) is 33.0 Å². The van der Waals surface area contributed by atoms with Gasteiger partial charge < -0.3 is 11.1 Å². The summed E-state index contributed by atoms with van der Waals surface area (Å²) in [4.78, 5) is 11.9. The average molecular weight is 384 g/mol. The zero-order valence-corrected chi connectivity index (χ0v) is 13.4. The number of hydrogen-bond donors (Lipinski definition) is 2. The number of hydrogen-bond acceptors (Lipinski definition) is 3. The van der Waals surface area contributed by atoms with Crippen LogP contribution in [0.2, 0.25) is 0 Å². The molecule has 0 bridgehead atoms. The van der Waals surface area contributed by atoms with Crippen molar-refractivity contribution in [2.24, 2.45) is 0 Å². The van der Waals surface area contributed by atoms with Gasteiger partial charge in [-0.15, -0.1) is 0 Å². The number of anilines is 2. The molecule has 0 atom stereocenters. The Hall–Kier alpha value is -1.57. The van der Waals surface area contributed by atoms with Crippen LogP contribution in [0.25, 0.3) is 0 Å². The van der Waals surface area contributed by atoms with Crippen LogP contribution in [0.5, 0.6) is 0 Å². The molecule has 6 heteroatoms. The van der Waals surface area contributed by atoms with Crippen LogP contribution in [-0.4, -0.2) is 15.7 Å². The Morgan fingerprint density at radius 3 is 3.00 bits per heavy atom. The first-order chi connectivity index (χ1) is 9.54. The summed E-state index contributed by atoms with van der Waals surface area (Å²) in [6.07, 6.45) is 4.98. The maximum Gasteiger partial charge on any atom is 0.224 e. The lowest BCUT2D eigenvalue weighted by atomic mass is 10.1. The molecule has 0 unspecified atom stereocenters. The molecule has 1 heterocycles. The molecule has 20 heavy (non-hydrogen) atoms. The number of amides is 1. The molecular formula is C14H17IN4O. The Labute approximate surface area is 131 Å². The smallest absolute Gasteiger partial charge is 0.224 e. The lowest BCUT2D eigenvalue weighted by Crippen LogP contribution is -2.13. The third-order valence-corrected chi connectivity index (χ3v) is 3.49. The van der Waals surface area contributed by atoms with Crippen LogP contribution in [0.1, 0.15) is 18.4 Å². The van der Waals surface area contributed by atoms with Crippen molar-refractivity contribution in [3.05, 3.63) is 39.7 Å². The molecule has 0 saturated carbocycles. The van der Waals surface area contributed by atoms with Crippen molar-refractivity contribution in [2.75, 3.05) is 11.1 Å². The van der Waals surface area contributed by atoms with Gasteiger partial charge in [-0.3, -0.25) is 9.48 Å². The second kappa shape index (κ2) is 6.74. The number of aromatic nitrogens is 2. The number of nitrogens with one attached hydrogen (secondary N) is 1. The average Bonchev–Trinajstić information content (AvgIpc) is 2.80. The molecule has 0 fully saturated rings. The van der Waals surface area contributed by atoms with Gasteiger partial charge >= 0.3 is 0 Å². The van der Waals surface area contributed by atoms with Crippen LogP contribution in [0.3, 0.4) is 0 Å². The number of rotatable bonds is 5. The van der Waals surface area contributed by atoms with E-state index in [1.807, 2.05) is 29.9 Å². The fourth-order valence-corrected chi connectivity index (χ4v) is 2.30. The Balaban J connectivity index is 1.82. The second-order valence-corrected chi connectivity index (χ2v) is 5.89. The van der Waals surface area contributed by atoms with Crippen molar-refractivity contribution in [3.8, 4) is 0 Å². The molecule has 0 radical (unpaired) electrons. The zero-order chi connectivity index (χ0) is 14.5. The zero-order valence-electron chi connectivity index (χ0n) is 11.3. The standard InChI is InChI=1S/C14H17IN4O/c1-10-4-5-12(16)7-13(10)18-14(20)3-2-6-19-9-11(15)8-17-19/h4-5,7-9H,2-3,6,16H2,1H3,(H,18,20). The van der Waals surface area contributed by atoms with Gasteiger partial charge in [-0.25, -0.2) is 0 Å². The number of carbonyl (C=O) groups is 1. The number of carbonyl (C=O) groups excluding carboxylic acids is 1. The van der Waals surface area contributed by atoms with Crippen LogP contribution in [0.15, 0.2) is 30.6 Å². The van der Waals surface area contributed by atoms with Crippen molar-refractivity contribution in [1.82, 2.24) is 9.78 Å². The fraction of sp³-hybridized carbons (Fsp3) is 0.286. The van der Waals surface area contributed by atoms with Gasteiger partial charge in [-0.2, -0.15) is 5.10 Å². The molecule has 0 aliphatic carbocycles. The highest BCUT2D eigenvalue weighted by Crippen LogP contribution is 2.18. The highest BCUT2D eigenvalue weighted by atomic mass is 127. The summed E-state index contributed by atoms with van der Waals surface area (Å²) in [5.41, 5.74) is 8.16. The lowest BCUT2D eigenvalue weighted by molar-refractivity contribution is -0.116. The number of nitrogens with zero attached hydrogens (tertiary/aromatic N) is 2. The maximum atomic E-state index is 11.9. The molecule has 1 aromatic heterocycles. The van der Waals surface area contributed by atoms with E-state index in [1.54, 1.807) is 12.3 Å². The molecule has 0 aliphatic rings. The van der Waals surface area contributed by atoms with E-state index in [4.69, 9.17) is 5.73 Å². The van der Waals surface area contributed by atoms with Gasteiger partial charge in [0.2, 0.25) is 5.91 Å². The van der Waals surface area contributed by atoms with Crippen molar-refractivity contribution in [1.29, 1.82) is 0 Å². The molecular weight excluding hydrogens is 367 g/mol. The quantitative estimate of drug-likeness (QED) is 0.615. The summed E-state index contributed by atoms with van der Waals surface area (Å²) in [6.45, 7) is 2.69. The maximum absolute atomic E-state index is 11.9. The van der Waals surface area contributed by atoms with Crippen molar-refractivity contribution in [2.45, 2.75) is 26.3 Å². The highest BCUT2D eigenvalue weighted by molar-refractivity contribution is 14.1. The van der Waals surface area contributed by atoms with Gasteiger partial charge in [-0.05, 0) is 53.6 Å². The first-order valence-corrected chi connectivity index (χ1v) is 7.46. The monoisotopic (exact) mass is 384 g/mol. The molecule has 106 valence electrons. The van der Waals surface area contributed by atoms with E-state index in [9.17, 15) is 4.79 Å². The third kappa shape index (κ3) is 4.22. The predicted molar refractivity (Wildman–Crippen MR) is 88.4 cm³/mol. The first-order valence-electron chi connectivity index (χ1n) is 6.38. The molecule has 0 aliphatic heterocycles. The predicted octanol–water partition coefficient (Wildman–Crippen LogP) is 2.80. The van der Waals surface area contributed by atoms with E-state index in [0.29, 0.717) is 12.1 Å². The van der Waals surface area contributed by atoms with Crippen molar-refractivity contribution < 1.29 is 4.79 Å². The Kier molecular flexibility index (Phi) is 4.99. The minimum atomic E-state index is 0.000512. The summed E-state index contributed by atoms with van der Waals surface area (Å²) in [7, 11) is 0. The number of aryl methyl sites for hydroxylation is 2. The number of halogens is 1. The SMILES string of the molecule is Cc1ccc(N)cc1NC(=O)CCCn1cc(I)cn1. The van der Waals surface area contributed by atoms with Crippen LogP contribution < -0.4 is 11.1 Å². The van der Waals surface area contributed by atoms with Gasteiger partial charge in [0, 0.05) is 30.5 Å². The van der Waals surface area contributed by atoms with Crippen LogP contribution >= 0.6 is 22.6 Å². The minimum absolute atomic E-state index is 0.000512. The van der Waals surface area contributed by atoms with E-state index in [1.165, 1.54) is 0 Å². The summed E-state index contributed by atoms with van der Waals surface area (Å²) < 4.78 is 2.95. The molecule has 5 nitrogen and oxygen atoms in total. The summed E-state index contributed by atoms with van der Waals surface area (Å²) in [6, 6.07) is 5.50. The largest absolute Gasteiger partial charge is 0.399 e. The highest BCUT2D eigenvalue weighted by Gasteiger charge is 2.05. The fourth-order valence-electron chi connectivity index (χ4n) is 1.85. The Bertz CT molecular complexity index is 609. The molecule has 3 N–H and O–H groups in total. The van der Waals surface area contributed by atoms with Crippen molar-refractivity contribution in [3.63, 3.8) is 0 Å². The van der Waals surface area contributed by atoms with Crippen LogP contribution in [0.4, 0.5) is 11.4 Å². The van der Waals surface area contributed by atoms with Gasteiger partial charge in [0.1, 0.15) is 0 Å². The molecule has 1 amide bonds. The van der Waals surface area contributed by atoms with E-state index in [0.717, 1.165) is 27.8 Å². The van der Waals surface area contributed by atoms with Gasteiger partial charge in [0.25, 0.3) is 0 Å². The second-order valence-electron chi connectivity index (χ2n) is 4.65. The normalized spacial score (nSPS) is 10.5. The van der Waals surface area contributed by atoms with E-state index >= 15 is 0 Å². The molecule has 1 aromatic carbocycles. The van der Waals surface area contributed by atoms with Gasteiger partial charge in [0.15, 0.2) is 0 Å². The minimum Gasteiger partial charge on any atom is -0.399 e. The first kappa shape index (κ1) is 14.8. The summed E-state index contributed by atoms with van der Waals surface area (Å²) >= 11 is 2.21. The van der Waals surface area contributed by atoms with Crippen LogP contribution in [0, 0.1) is 10.5 Å². The number of benzene rings is 1. The molecule has 0 saturated heterocycles. The molecule has 2 aromatic rings. The van der Waals surface area contributed by atoms with E-state index < -0.39 is 0 Å². The Morgan fingerprint density at radius 2 is 2.30 bits per heavy atom. The van der Waals surface area contributed by atoms with Crippen LogP contribution in [-0.2, 0) is 11.3 Å². The van der Waals surface area contributed by atoms with Gasteiger partial charge in [-0.1, -0.05) is 6.07 Å². The topological polar surface area (TPSA) is 72.9 Å². The third-order valence-electron chi connectivity index (χ3n) is 2.93. The Morgan fingerprint density at radius 1 is 1.50 bits per heavy atom. The number of nitrogens with two attached hydrogens (primary N) is 1. The van der Waals surface area contributed by atoms with Gasteiger partial charge in [0.05, 0.1) is 9.77 Å². The molecule has 2 rings (SSSR count). The molecule has 0 spiro atoms. The van der Waals surface area contributed by atoms with Crippen molar-refractivity contribution >= 4 is 39.9 Å². The lowest BCUT2D eigenvalue weighted by Gasteiger charge is -2.09. The van der Waals surface area contributed by atoms with E-state index in [-0.39, 0.29) is 5.91 Å². The summed E-state index contributed by atoms with van der Waals surface area (Å²) in [5.74, 6) is 0.000512. The summed E-state index contributed by atoms with van der Waals surface area (Å²) in [5, 5.41) is 7.08. The number of nitrogen functional groups attached to an aromatic ring is 1.